The van der Waals surface area contributed by atoms with Crippen LogP contribution in [0.4, 0.5) is 11.5 Å². The molecule has 2 fully saturated rings. The monoisotopic (exact) mass is 467 g/mol. The van der Waals surface area contributed by atoms with E-state index in [1.165, 1.54) is 18.4 Å². The molecule has 0 radical (unpaired) electrons. The average Bonchev–Trinajstić information content (AvgIpc) is 3.50. The molecule has 178 valence electrons. The van der Waals surface area contributed by atoms with Crippen LogP contribution >= 0.6 is 0 Å². The topological polar surface area (TPSA) is 56.7 Å². The Balaban J connectivity index is 1.34. The molecule has 1 spiro atoms. The van der Waals surface area contributed by atoms with Gasteiger partial charge in [0.05, 0.1) is 19.8 Å². The SMILES string of the molecule is CC(C)(C)[Si](C)(C)OCc1ncc2c(n1)N(c1ccc(OC3CCOCC3)cc1)CC21CC1. The Morgan fingerprint density at radius 2 is 1.82 bits per heavy atom. The van der Waals surface area contributed by atoms with Gasteiger partial charge in [0.15, 0.2) is 14.1 Å². The summed E-state index contributed by atoms with van der Waals surface area (Å²) in [5.41, 5.74) is 2.68. The number of benzene rings is 1. The van der Waals surface area contributed by atoms with Crippen LogP contribution in [0.3, 0.4) is 0 Å². The smallest absolute Gasteiger partial charge is 0.192 e. The lowest BCUT2D eigenvalue weighted by molar-refractivity contribution is 0.0256. The van der Waals surface area contributed by atoms with Crippen molar-refractivity contribution in [1.29, 1.82) is 0 Å². The van der Waals surface area contributed by atoms with Crippen molar-refractivity contribution in [3.63, 3.8) is 0 Å². The first-order valence-corrected chi connectivity index (χ1v) is 15.2. The van der Waals surface area contributed by atoms with E-state index in [4.69, 9.17) is 23.9 Å². The second kappa shape index (κ2) is 8.36. The second-order valence-corrected chi connectivity index (χ2v) is 16.2. The molecule has 3 aliphatic rings. The van der Waals surface area contributed by atoms with Crippen molar-refractivity contribution in [2.24, 2.45) is 0 Å². The molecule has 1 aromatic carbocycles. The van der Waals surface area contributed by atoms with Crippen LogP contribution in [0, 0.1) is 0 Å². The van der Waals surface area contributed by atoms with Gasteiger partial charge in [-0.3, -0.25) is 0 Å². The van der Waals surface area contributed by atoms with Gasteiger partial charge in [0, 0.05) is 42.2 Å². The summed E-state index contributed by atoms with van der Waals surface area (Å²) < 4.78 is 18.0. The van der Waals surface area contributed by atoms with E-state index in [-0.39, 0.29) is 16.6 Å². The summed E-state index contributed by atoms with van der Waals surface area (Å²) in [6.07, 6.45) is 6.65. The van der Waals surface area contributed by atoms with Crippen LogP contribution < -0.4 is 9.64 Å². The zero-order valence-corrected chi connectivity index (χ0v) is 21.7. The summed E-state index contributed by atoms with van der Waals surface area (Å²) in [5, 5.41) is 0.169. The summed E-state index contributed by atoms with van der Waals surface area (Å²) in [5.74, 6) is 2.76. The zero-order valence-electron chi connectivity index (χ0n) is 20.7. The lowest BCUT2D eigenvalue weighted by atomic mass is 10.0. The molecule has 1 aromatic heterocycles. The van der Waals surface area contributed by atoms with Gasteiger partial charge in [-0.05, 0) is 55.2 Å². The van der Waals surface area contributed by atoms with Gasteiger partial charge < -0.3 is 18.8 Å². The highest BCUT2D eigenvalue weighted by Crippen LogP contribution is 2.57. The van der Waals surface area contributed by atoms with Crippen molar-refractivity contribution in [2.45, 2.75) is 82.7 Å². The van der Waals surface area contributed by atoms with E-state index in [0.717, 1.165) is 55.7 Å². The number of ether oxygens (including phenoxy) is 2. The summed E-state index contributed by atoms with van der Waals surface area (Å²) in [6, 6.07) is 8.50. The van der Waals surface area contributed by atoms with Gasteiger partial charge >= 0.3 is 0 Å². The van der Waals surface area contributed by atoms with E-state index in [1.807, 2.05) is 0 Å². The average molecular weight is 468 g/mol. The van der Waals surface area contributed by atoms with Crippen molar-refractivity contribution in [3.8, 4) is 5.75 Å². The normalized spacial score (nSPS) is 20.2. The van der Waals surface area contributed by atoms with Crippen molar-refractivity contribution < 1.29 is 13.9 Å². The first-order chi connectivity index (χ1) is 15.7. The maximum Gasteiger partial charge on any atom is 0.192 e. The number of nitrogens with zero attached hydrogens (tertiary/aromatic N) is 3. The Labute approximate surface area is 198 Å². The lowest BCUT2D eigenvalue weighted by Gasteiger charge is -2.35. The third-order valence-electron chi connectivity index (χ3n) is 7.95. The molecule has 7 heteroatoms. The number of aromatic nitrogens is 2. The van der Waals surface area contributed by atoms with Gasteiger partial charge in [0.2, 0.25) is 0 Å². The van der Waals surface area contributed by atoms with Crippen molar-refractivity contribution in [2.75, 3.05) is 24.7 Å². The largest absolute Gasteiger partial charge is 0.490 e. The fraction of sp³-hybridized carbons (Fsp3) is 0.615. The van der Waals surface area contributed by atoms with Crippen LogP contribution in [-0.4, -0.2) is 44.1 Å². The Kier molecular flexibility index (Phi) is 5.78. The summed E-state index contributed by atoms with van der Waals surface area (Å²) in [6.45, 7) is 14.4. The van der Waals surface area contributed by atoms with E-state index in [1.54, 1.807) is 0 Å². The maximum atomic E-state index is 6.41. The molecule has 0 unspecified atom stereocenters. The molecule has 0 atom stereocenters. The fourth-order valence-corrected chi connectivity index (χ4v) is 5.39. The van der Waals surface area contributed by atoms with E-state index in [2.05, 4.69) is 69.2 Å². The van der Waals surface area contributed by atoms with Gasteiger partial charge in [0.1, 0.15) is 17.7 Å². The second-order valence-electron chi connectivity index (χ2n) is 11.4. The van der Waals surface area contributed by atoms with Crippen molar-refractivity contribution in [1.82, 2.24) is 9.97 Å². The van der Waals surface area contributed by atoms with Crippen LogP contribution in [0.25, 0.3) is 0 Å². The molecular formula is C26H37N3O3Si. The molecule has 3 heterocycles. The van der Waals surface area contributed by atoms with E-state index in [9.17, 15) is 0 Å². The van der Waals surface area contributed by atoms with Crippen LogP contribution in [0.5, 0.6) is 5.75 Å². The Morgan fingerprint density at radius 1 is 1.12 bits per heavy atom. The predicted octanol–water partition coefficient (Wildman–Crippen LogP) is 5.74. The van der Waals surface area contributed by atoms with Gasteiger partial charge in [-0.15, -0.1) is 0 Å². The third kappa shape index (κ3) is 4.55. The first-order valence-electron chi connectivity index (χ1n) is 12.3. The molecule has 1 aliphatic carbocycles. The Bertz CT molecular complexity index is 993. The molecular weight excluding hydrogens is 430 g/mol. The Hall–Kier alpha value is -1.96. The van der Waals surface area contributed by atoms with Gasteiger partial charge in [-0.25, -0.2) is 9.97 Å². The van der Waals surface area contributed by atoms with Crippen molar-refractivity contribution in [3.05, 3.63) is 41.9 Å². The summed E-state index contributed by atoms with van der Waals surface area (Å²) in [4.78, 5) is 12.1. The van der Waals surface area contributed by atoms with E-state index in [0.29, 0.717) is 6.61 Å². The van der Waals surface area contributed by atoms with Crippen LogP contribution in [0.1, 0.15) is 57.8 Å². The molecule has 33 heavy (non-hydrogen) atoms. The lowest BCUT2D eigenvalue weighted by Crippen LogP contribution is -2.40. The molecule has 0 bridgehead atoms. The quantitative estimate of drug-likeness (QED) is 0.505. The van der Waals surface area contributed by atoms with Crippen molar-refractivity contribution >= 4 is 19.8 Å². The maximum absolute atomic E-state index is 6.41. The molecule has 0 N–H and O–H groups in total. The molecule has 2 aliphatic heterocycles. The molecule has 1 saturated carbocycles. The fourth-order valence-electron chi connectivity index (χ4n) is 4.46. The number of anilines is 2. The van der Waals surface area contributed by atoms with Crippen LogP contribution in [0.2, 0.25) is 18.1 Å². The number of rotatable bonds is 6. The van der Waals surface area contributed by atoms with E-state index < -0.39 is 8.32 Å². The van der Waals surface area contributed by atoms with Crippen LogP contribution in [-0.2, 0) is 21.2 Å². The van der Waals surface area contributed by atoms with Crippen LogP contribution in [0.15, 0.2) is 30.5 Å². The molecule has 2 aromatic rings. The molecule has 0 amide bonds. The van der Waals surface area contributed by atoms with E-state index >= 15 is 0 Å². The third-order valence-corrected chi connectivity index (χ3v) is 12.4. The molecule has 5 rings (SSSR count). The minimum Gasteiger partial charge on any atom is -0.490 e. The predicted molar refractivity (Wildman–Crippen MR) is 133 cm³/mol. The van der Waals surface area contributed by atoms with Gasteiger partial charge in [0.25, 0.3) is 0 Å². The number of fused-ring (bicyclic) bond motifs is 2. The highest BCUT2D eigenvalue weighted by atomic mass is 28.4. The molecule has 6 nitrogen and oxygen atoms in total. The standard InChI is InChI=1S/C26H37N3O3Si/c1-25(2,3)33(4,5)31-17-23-27-16-22-24(28-23)29(18-26(22)12-13-26)19-6-8-20(9-7-19)32-21-10-14-30-15-11-21/h6-9,16,21H,10-15,17-18H2,1-5H3. The number of hydrogen-bond acceptors (Lipinski definition) is 6. The summed E-state index contributed by atoms with van der Waals surface area (Å²) >= 11 is 0. The minimum absolute atomic E-state index is 0.169. The minimum atomic E-state index is -1.85. The zero-order chi connectivity index (χ0) is 23.3. The Morgan fingerprint density at radius 3 is 2.45 bits per heavy atom. The summed E-state index contributed by atoms with van der Waals surface area (Å²) in [7, 11) is -1.85. The molecule has 1 saturated heterocycles. The van der Waals surface area contributed by atoms with Gasteiger partial charge in [-0.2, -0.15) is 0 Å². The highest BCUT2D eigenvalue weighted by Gasteiger charge is 2.53. The first kappa shape index (κ1) is 22.8. The van der Waals surface area contributed by atoms with Gasteiger partial charge in [-0.1, -0.05) is 20.8 Å². The highest BCUT2D eigenvalue weighted by molar-refractivity contribution is 6.74. The number of hydrogen-bond donors (Lipinski definition) is 0.